The molecule has 2 aliphatic rings. The monoisotopic (exact) mass is 346 g/mol. The summed E-state index contributed by atoms with van der Waals surface area (Å²) in [6.45, 7) is 6.39. The molecule has 0 radical (unpaired) electrons. The number of nitrogens with zero attached hydrogens (tertiary/aromatic N) is 1. The van der Waals surface area contributed by atoms with Crippen molar-refractivity contribution in [1.82, 2.24) is 10.2 Å². The SMILES string of the molecule is CCN1CCC[C@H]1CNC(=O)C1(c2ccc(OC)cc2)CCOCC1. The number of methoxy groups -OCH3 is 1. The maximum absolute atomic E-state index is 13.2. The molecule has 2 saturated heterocycles. The smallest absolute Gasteiger partial charge is 0.230 e. The van der Waals surface area contributed by atoms with E-state index >= 15 is 0 Å². The van der Waals surface area contributed by atoms with E-state index in [1.165, 1.54) is 12.8 Å². The van der Waals surface area contributed by atoms with Gasteiger partial charge in [-0.3, -0.25) is 9.69 Å². The van der Waals surface area contributed by atoms with Crippen molar-refractivity contribution >= 4 is 5.91 Å². The van der Waals surface area contributed by atoms with Crippen LogP contribution in [0.1, 0.15) is 38.2 Å². The molecule has 1 amide bonds. The highest BCUT2D eigenvalue weighted by molar-refractivity contribution is 5.88. The summed E-state index contributed by atoms with van der Waals surface area (Å²) in [5.74, 6) is 0.958. The summed E-state index contributed by atoms with van der Waals surface area (Å²) in [4.78, 5) is 15.7. The van der Waals surface area contributed by atoms with Crippen molar-refractivity contribution in [2.24, 2.45) is 0 Å². The zero-order valence-electron chi connectivity index (χ0n) is 15.4. The summed E-state index contributed by atoms with van der Waals surface area (Å²) >= 11 is 0. The third-order valence-corrected chi connectivity index (χ3v) is 5.83. The van der Waals surface area contributed by atoms with Gasteiger partial charge in [0.2, 0.25) is 5.91 Å². The van der Waals surface area contributed by atoms with Gasteiger partial charge in [-0.15, -0.1) is 0 Å². The van der Waals surface area contributed by atoms with Crippen LogP contribution in [0.5, 0.6) is 5.75 Å². The Morgan fingerprint density at radius 2 is 2.04 bits per heavy atom. The van der Waals surface area contributed by atoms with Gasteiger partial charge in [0.1, 0.15) is 5.75 Å². The van der Waals surface area contributed by atoms with E-state index in [0.29, 0.717) is 19.3 Å². The highest BCUT2D eigenvalue weighted by atomic mass is 16.5. The van der Waals surface area contributed by atoms with Crippen LogP contribution in [0.2, 0.25) is 0 Å². The Morgan fingerprint density at radius 1 is 1.32 bits per heavy atom. The number of carbonyl (C=O) groups is 1. The number of carbonyl (C=O) groups excluding carboxylic acids is 1. The number of likely N-dealkylation sites (N-methyl/N-ethyl adjacent to an activating group) is 1. The van der Waals surface area contributed by atoms with Gasteiger partial charge in [0.15, 0.2) is 0 Å². The van der Waals surface area contributed by atoms with Crippen molar-refractivity contribution in [3.63, 3.8) is 0 Å². The lowest BCUT2D eigenvalue weighted by atomic mass is 9.73. The number of hydrogen-bond donors (Lipinski definition) is 1. The average Bonchev–Trinajstić information content (AvgIpc) is 3.14. The average molecular weight is 346 g/mol. The second-order valence-corrected chi connectivity index (χ2v) is 7.06. The van der Waals surface area contributed by atoms with Gasteiger partial charge in [0.05, 0.1) is 12.5 Å². The van der Waals surface area contributed by atoms with Gasteiger partial charge in [0, 0.05) is 25.8 Å². The summed E-state index contributed by atoms with van der Waals surface area (Å²) in [5, 5.41) is 3.26. The molecule has 5 heteroatoms. The maximum Gasteiger partial charge on any atom is 0.230 e. The molecule has 0 aromatic heterocycles. The second-order valence-electron chi connectivity index (χ2n) is 7.06. The van der Waals surface area contributed by atoms with Crippen LogP contribution in [-0.2, 0) is 14.9 Å². The molecule has 5 nitrogen and oxygen atoms in total. The Balaban J connectivity index is 1.73. The molecular weight excluding hydrogens is 316 g/mol. The molecule has 1 aromatic rings. The van der Waals surface area contributed by atoms with E-state index in [1.54, 1.807) is 7.11 Å². The van der Waals surface area contributed by atoms with Crippen molar-refractivity contribution in [2.75, 3.05) is 40.0 Å². The number of likely N-dealkylation sites (tertiary alicyclic amines) is 1. The molecule has 0 bridgehead atoms. The number of amides is 1. The van der Waals surface area contributed by atoms with Gasteiger partial charge < -0.3 is 14.8 Å². The van der Waals surface area contributed by atoms with Crippen molar-refractivity contribution in [1.29, 1.82) is 0 Å². The van der Waals surface area contributed by atoms with Gasteiger partial charge in [0.25, 0.3) is 0 Å². The fourth-order valence-corrected chi connectivity index (χ4v) is 4.20. The highest BCUT2D eigenvalue weighted by Gasteiger charge is 2.42. The predicted octanol–water partition coefficient (Wildman–Crippen LogP) is 2.34. The molecule has 3 rings (SSSR count). The molecule has 25 heavy (non-hydrogen) atoms. The van der Waals surface area contributed by atoms with E-state index in [2.05, 4.69) is 17.1 Å². The van der Waals surface area contributed by atoms with Gasteiger partial charge >= 0.3 is 0 Å². The molecule has 1 N–H and O–H groups in total. The minimum atomic E-state index is -0.486. The summed E-state index contributed by atoms with van der Waals surface area (Å²) in [7, 11) is 1.66. The number of nitrogens with one attached hydrogen (secondary N) is 1. The van der Waals surface area contributed by atoms with Gasteiger partial charge in [-0.05, 0) is 56.5 Å². The fourth-order valence-electron chi connectivity index (χ4n) is 4.20. The molecule has 2 heterocycles. The Morgan fingerprint density at radius 3 is 2.68 bits per heavy atom. The summed E-state index contributed by atoms with van der Waals surface area (Å²) < 4.78 is 10.8. The van der Waals surface area contributed by atoms with Crippen molar-refractivity contribution < 1.29 is 14.3 Å². The van der Waals surface area contributed by atoms with Crippen LogP contribution in [-0.4, -0.2) is 56.8 Å². The van der Waals surface area contributed by atoms with E-state index in [0.717, 1.165) is 43.8 Å². The third kappa shape index (κ3) is 3.82. The fraction of sp³-hybridized carbons (Fsp3) is 0.650. The second kappa shape index (κ2) is 8.19. The van der Waals surface area contributed by atoms with Crippen LogP contribution in [0.15, 0.2) is 24.3 Å². The normalized spacial score (nSPS) is 23.4. The van der Waals surface area contributed by atoms with E-state index in [4.69, 9.17) is 9.47 Å². The molecular formula is C20H30N2O3. The Hall–Kier alpha value is -1.59. The number of benzene rings is 1. The van der Waals surface area contributed by atoms with Crippen LogP contribution in [0.4, 0.5) is 0 Å². The molecule has 2 fully saturated rings. The first-order valence-corrected chi connectivity index (χ1v) is 9.44. The molecule has 1 aromatic carbocycles. The molecule has 0 spiro atoms. The van der Waals surface area contributed by atoms with Crippen molar-refractivity contribution in [3.05, 3.63) is 29.8 Å². The number of ether oxygens (including phenoxy) is 2. The highest BCUT2D eigenvalue weighted by Crippen LogP contribution is 2.36. The van der Waals surface area contributed by atoms with Crippen LogP contribution in [0.25, 0.3) is 0 Å². The van der Waals surface area contributed by atoms with Crippen molar-refractivity contribution in [3.8, 4) is 5.75 Å². The van der Waals surface area contributed by atoms with Gasteiger partial charge in [-0.25, -0.2) is 0 Å². The Labute approximate surface area is 150 Å². The lowest BCUT2D eigenvalue weighted by Gasteiger charge is -2.37. The zero-order chi connectivity index (χ0) is 17.7. The Kier molecular flexibility index (Phi) is 5.97. The van der Waals surface area contributed by atoms with Crippen LogP contribution < -0.4 is 10.1 Å². The molecule has 0 unspecified atom stereocenters. The molecule has 138 valence electrons. The first-order valence-electron chi connectivity index (χ1n) is 9.44. The first-order chi connectivity index (χ1) is 12.2. The molecule has 1 atom stereocenters. The minimum Gasteiger partial charge on any atom is -0.497 e. The first kappa shape index (κ1) is 18.2. The third-order valence-electron chi connectivity index (χ3n) is 5.83. The predicted molar refractivity (Wildman–Crippen MR) is 98.0 cm³/mol. The van der Waals surface area contributed by atoms with E-state index in [9.17, 15) is 4.79 Å². The summed E-state index contributed by atoms with van der Waals surface area (Å²) in [5.41, 5.74) is 0.577. The standard InChI is InChI=1S/C20H30N2O3/c1-3-22-12-4-5-17(22)15-21-19(23)20(10-13-25-14-11-20)16-6-8-18(24-2)9-7-16/h6-9,17H,3-5,10-15H2,1-2H3,(H,21,23)/t17-/m0/s1. The van der Waals surface area contributed by atoms with Gasteiger partial charge in [-0.1, -0.05) is 19.1 Å². The van der Waals surface area contributed by atoms with E-state index in [-0.39, 0.29) is 5.91 Å². The lowest BCUT2D eigenvalue weighted by molar-refractivity contribution is -0.130. The molecule has 0 saturated carbocycles. The minimum absolute atomic E-state index is 0.143. The van der Waals surface area contributed by atoms with Gasteiger partial charge in [-0.2, -0.15) is 0 Å². The van der Waals surface area contributed by atoms with Crippen LogP contribution in [0, 0.1) is 0 Å². The Bertz CT molecular complexity index is 567. The van der Waals surface area contributed by atoms with Crippen LogP contribution >= 0.6 is 0 Å². The largest absolute Gasteiger partial charge is 0.497 e. The van der Waals surface area contributed by atoms with E-state index < -0.39 is 5.41 Å². The lowest BCUT2D eigenvalue weighted by Crippen LogP contribution is -2.50. The van der Waals surface area contributed by atoms with Crippen LogP contribution in [0.3, 0.4) is 0 Å². The van der Waals surface area contributed by atoms with E-state index in [1.807, 2.05) is 24.3 Å². The zero-order valence-corrected chi connectivity index (χ0v) is 15.4. The number of rotatable bonds is 6. The summed E-state index contributed by atoms with van der Waals surface area (Å²) in [6, 6.07) is 8.40. The summed E-state index contributed by atoms with van der Waals surface area (Å²) in [6.07, 6.45) is 3.86. The molecule has 2 aliphatic heterocycles. The maximum atomic E-state index is 13.2. The topological polar surface area (TPSA) is 50.8 Å². The molecule has 0 aliphatic carbocycles. The quantitative estimate of drug-likeness (QED) is 0.859. The number of hydrogen-bond acceptors (Lipinski definition) is 4. The van der Waals surface area contributed by atoms with Crippen molar-refractivity contribution in [2.45, 2.75) is 44.1 Å².